The van der Waals surface area contributed by atoms with Crippen LogP contribution in [0, 0.1) is 5.92 Å². The van der Waals surface area contributed by atoms with Gasteiger partial charge in [0.15, 0.2) is 0 Å². The van der Waals surface area contributed by atoms with E-state index in [4.69, 9.17) is 0 Å². The van der Waals surface area contributed by atoms with Crippen LogP contribution in [0.1, 0.15) is 57.6 Å². The molecule has 106 valence electrons. The van der Waals surface area contributed by atoms with E-state index in [-0.39, 0.29) is 5.41 Å². The van der Waals surface area contributed by atoms with Crippen molar-refractivity contribution < 1.29 is 0 Å². The third kappa shape index (κ3) is 4.65. The van der Waals surface area contributed by atoms with Crippen molar-refractivity contribution in [2.24, 2.45) is 5.92 Å². The summed E-state index contributed by atoms with van der Waals surface area (Å²) >= 11 is 0. The molecule has 1 aliphatic heterocycles. The first-order chi connectivity index (χ1) is 9.05. The predicted molar refractivity (Wildman–Crippen MR) is 83.7 cm³/mol. The summed E-state index contributed by atoms with van der Waals surface area (Å²) in [5.41, 5.74) is 3.21. The SMILES string of the molecule is CC(C)(C)c1ccc(CCCC2CCNCC2)cc1. The van der Waals surface area contributed by atoms with Gasteiger partial charge in [-0.2, -0.15) is 0 Å². The standard InChI is InChI=1S/C18H29N/c1-18(2,3)17-9-7-15(8-10-17)5-4-6-16-11-13-19-14-12-16/h7-10,16,19H,4-6,11-14H2,1-3H3. The molecule has 1 N–H and O–H groups in total. The smallest absolute Gasteiger partial charge is 0.00463 e. The second-order valence-electron chi connectivity index (χ2n) is 7.03. The minimum Gasteiger partial charge on any atom is -0.317 e. The van der Waals surface area contributed by atoms with Crippen LogP contribution in [-0.2, 0) is 11.8 Å². The Hall–Kier alpha value is -0.820. The van der Waals surface area contributed by atoms with E-state index in [2.05, 4.69) is 50.4 Å². The molecule has 0 bridgehead atoms. The molecule has 0 saturated carbocycles. The van der Waals surface area contributed by atoms with Crippen molar-refractivity contribution in [3.63, 3.8) is 0 Å². The van der Waals surface area contributed by atoms with Crippen molar-refractivity contribution in [1.82, 2.24) is 5.32 Å². The van der Waals surface area contributed by atoms with E-state index in [0.717, 1.165) is 5.92 Å². The third-order valence-electron chi connectivity index (χ3n) is 4.36. The van der Waals surface area contributed by atoms with E-state index in [0.29, 0.717) is 0 Å². The highest BCUT2D eigenvalue weighted by molar-refractivity contribution is 5.27. The maximum absolute atomic E-state index is 3.44. The average Bonchev–Trinajstić information content (AvgIpc) is 2.39. The summed E-state index contributed by atoms with van der Waals surface area (Å²) < 4.78 is 0. The van der Waals surface area contributed by atoms with E-state index in [9.17, 15) is 0 Å². The molecule has 0 amide bonds. The molecule has 2 rings (SSSR count). The van der Waals surface area contributed by atoms with Crippen molar-refractivity contribution >= 4 is 0 Å². The Morgan fingerprint density at radius 1 is 1.05 bits per heavy atom. The van der Waals surface area contributed by atoms with Gasteiger partial charge < -0.3 is 5.32 Å². The molecule has 1 heteroatoms. The number of rotatable bonds is 4. The minimum atomic E-state index is 0.271. The van der Waals surface area contributed by atoms with Crippen LogP contribution in [0.2, 0.25) is 0 Å². The molecule has 1 aromatic rings. The van der Waals surface area contributed by atoms with Crippen LogP contribution in [0.15, 0.2) is 24.3 Å². The van der Waals surface area contributed by atoms with Crippen molar-refractivity contribution in [3.8, 4) is 0 Å². The lowest BCUT2D eigenvalue weighted by atomic mass is 9.86. The summed E-state index contributed by atoms with van der Waals surface area (Å²) in [4.78, 5) is 0. The number of hydrogen-bond acceptors (Lipinski definition) is 1. The molecule has 0 atom stereocenters. The average molecular weight is 259 g/mol. The lowest BCUT2D eigenvalue weighted by Crippen LogP contribution is -2.27. The van der Waals surface area contributed by atoms with Gasteiger partial charge in [-0.1, -0.05) is 51.5 Å². The van der Waals surface area contributed by atoms with Gasteiger partial charge in [-0.25, -0.2) is 0 Å². The van der Waals surface area contributed by atoms with Gasteiger partial charge in [-0.05, 0) is 61.2 Å². The van der Waals surface area contributed by atoms with Crippen molar-refractivity contribution in [1.29, 1.82) is 0 Å². The number of piperidine rings is 1. The predicted octanol–water partition coefficient (Wildman–Crippen LogP) is 4.31. The molecule has 19 heavy (non-hydrogen) atoms. The number of benzene rings is 1. The van der Waals surface area contributed by atoms with E-state index in [1.54, 1.807) is 0 Å². The highest BCUT2D eigenvalue weighted by atomic mass is 14.9. The van der Waals surface area contributed by atoms with Crippen LogP contribution >= 0.6 is 0 Å². The molecule has 1 fully saturated rings. The summed E-state index contributed by atoms with van der Waals surface area (Å²) in [7, 11) is 0. The lowest BCUT2D eigenvalue weighted by Gasteiger charge is -2.22. The molecule has 1 aromatic carbocycles. The molecule has 1 heterocycles. The normalized spacial score (nSPS) is 17.6. The minimum absolute atomic E-state index is 0.271. The van der Waals surface area contributed by atoms with Crippen molar-refractivity contribution in [2.45, 2.75) is 58.3 Å². The second-order valence-corrected chi connectivity index (χ2v) is 7.03. The topological polar surface area (TPSA) is 12.0 Å². The maximum atomic E-state index is 3.44. The van der Waals surface area contributed by atoms with Gasteiger partial charge in [0.1, 0.15) is 0 Å². The Bertz CT molecular complexity index is 366. The van der Waals surface area contributed by atoms with Gasteiger partial charge in [0, 0.05) is 0 Å². The summed E-state index contributed by atoms with van der Waals surface area (Å²) in [6.07, 6.45) is 6.75. The first-order valence-corrected chi connectivity index (χ1v) is 7.86. The molecule has 0 aliphatic carbocycles. The summed E-state index contributed by atoms with van der Waals surface area (Å²) in [5.74, 6) is 0.968. The van der Waals surface area contributed by atoms with Gasteiger partial charge in [0.2, 0.25) is 0 Å². The molecule has 1 saturated heterocycles. The Morgan fingerprint density at radius 2 is 1.68 bits per heavy atom. The van der Waals surface area contributed by atoms with E-state index in [1.165, 1.54) is 56.3 Å². The van der Waals surface area contributed by atoms with Gasteiger partial charge in [0.25, 0.3) is 0 Å². The molecular weight excluding hydrogens is 230 g/mol. The Kier molecular flexibility index (Phi) is 5.04. The summed E-state index contributed by atoms with van der Waals surface area (Å²) in [6, 6.07) is 9.26. The Morgan fingerprint density at radius 3 is 2.26 bits per heavy atom. The molecule has 0 unspecified atom stereocenters. The van der Waals surface area contributed by atoms with E-state index in [1.807, 2.05) is 0 Å². The first-order valence-electron chi connectivity index (χ1n) is 7.86. The molecule has 0 radical (unpaired) electrons. The van der Waals surface area contributed by atoms with Gasteiger partial charge >= 0.3 is 0 Å². The van der Waals surface area contributed by atoms with E-state index >= 15 is 0 Å². The fourth-order valence-electron chi connectivity index (χ4n) is 2.94. The first kappa shape index (κ1) is 14.6. The second kappa shape index (κ2) is 6.56. The number of aryl methyl sites for hydroxylation is 1. The van der Waals surface area contributed by atoms with Crippen LogP contribution < -0.4 is 5.32 Å². The van der Waals surface area contributed by atoms with E-state index < -0.39 is 0 Å². The van der Waals surface area contributed by atoms with Crippen LogP contribution in [0.25, 0.3) is 0 Å². The Labute approximate surface area is 118 Å². The molecule has 0 aromatic heterocycles. The zero-order chi connectivity index (χ0) is 13.7. The zero-order valence-electron chi connectivity index (χ0n) is 12.8. The quantitative estimate of drug-likeness (QED) is 0.850. The lowest BCUT2D eigenvalue weighted by molar-refractivity contribution is 0.347. The van der Waals surface area contributed by atoms with Crippen LogP contribution in [0.5, 0.6) is 0 Å². The third-order valence-corrected chi connectivity index (χ3v) is 4.36. The van der Waals surface area contributed by atoms with Gasteiger partial charge in [-0.3, -0.25) is 0 Å². The van der Waals surface area contributed by atoms with Crippen LogP contribution in [-0.4, -0.2) is 13.1 Å². The number of hydrogen-bond donors (Lipinski definition) is 1. The highest BCUT2D eigenvalue weighted by Gasteiger charge is 2.14. The largest absolute Gasteiger partial charge is 0.317 e. The molecule has 1 aliphatic rings. The van der Waals surface area contributed by atoms with Gasteiger partial charge in [-0.15, -0.1) is 0 Å². The van der Waals surface area contributed by atoms with Crippen LogP contribution in [0.3, 0.4) is 0 Å². The summed E-state index contributed by atoms with van der Waals surface area (Å²) in [6.45, 7) is 9.28. The fraction of sp³-hybridized carbons (Fsp3) is 0.667. The van der Waals surface area contributed by atoms with Crippen LogP contribution in [0.4, 0.5) is 0 Å². The zero-order valence-corrected chi connectivity index (χ0v) is 12.8. The van der Waals surface area contributed by atoms with Crippen molar-refractivity contribution in [3.05, 3.63) is 35.4 Å². The Balaban J connectivity index is 1.76. The monoisotopic (exact) mass is 259 g/mol. The fourth-order valence-corrected chi connectivity index (χ4v) is 2.94. The van der Waals surface area contributed by atoms with Crippen molar-refractivity contribution in [2.75, 3.05) is 13.1 Å². The number of nitrogens with one attached hydrogen (secondary N) is 1. The molecule has 0 spiro atoms. The maximum Gasteiger partial charge on any atom is -0.00463 e. The molecule has 1 nitrogen and oxygen atoms in total. The van der Waals surface area contributed by atoms with Gasteiger partial charge in [0.05, 0.1) is 0 Å². The summed E-state index contributed by atoms with van der Waals surface area (Å²) in [5, 5.41) is 3.44. The molecular formula is C18H29N. The highest BCUT2D eigenvalue weighted by Crippen LogP contribution is 2.23.